The van der Waals surface area contributed by atoms with Gasteiger partial charge in [-0.3, -0.25) is 9.78 Å². The molecular weight excluding hydrogens is 298 g/mol. The van der Waals surface area contributed by atoms with Crippen LogP contribution in [0.5, 0.6) is 0 Å². The number of hydrogen-bond donors (Lipinski definition) is 1. The summed E-state index contributed by atoms with van der Waals surface area (Å²) in [6, 6.07) is 0. The summed E-state index contributed by atoms with van der Waals surface area (Å²) in [7, 11) is 0. The Balaban J connectivity index is 1.75. The lowest BCUT2D eigenvalue weighted by atomic mass is 9.93. The van der Waals surface area contributed by atoms with Crippen molar-refractivity contribution in [2.24, 2.45) is 0 Å². The Kier molecular flexibility index (Phi) is 4.33. The summed E-state index contributed by atoms with van der Waals surface area (Å²) in [5.74, 6) is 1.25. The fraction of sp³-hybridized carbons (Fsp3) is 0.467. The Morgan fingerprint density at radius 2 is 2.05 bits per heavy atom. The van der Waals surface area contributed by atoms with Crippen LogP contribution in [0.15, 0.2) is 17.8 Å². The molecule has 1 saturated heterocycles. The van der Waals surface area contributed by atoms with Crippen molar-refractivity contribution in [3.05, 3.63) is 29.2 Å². The lowest BCUT2D eigenvalue weighted by Crippen LogP contribution is -2.36. The van der Waals surface area contributed by atoms with Crippen LogP contribution in [0.25, 0.3) is 0 Å². The van der Waals surface area contributed by atoms with Gasteiger partial charge >= 0.3 is 0 Å². The van der Waals surface area contributed by atoms with E-state index in [0.717, 1.165) is 48.3 Å². The highest BCUT2D eigenvalue weighted by atomic mass is 32.1. The van der Waals surface area contributed by atoms with Crippen molar-refractivity contribution >= 4 is 28.2 Å². The van der Waals surface area contributed by atoms with Crippen molar-refractivity contribution < 1.29 is 4.79 Å². The standard InChI is InChI=1S/C15H19N5OS/c1-10-9-22-15(18-10)19-14-13(16-5-6-17-14)12-3-7-20(8-4-12)11(2)21/h5-6,9,12H,3-4,7-8H2,1-2H3,(H,17,18,19). The number of nitrogens with one attached hydrogen (secondary N) is 1. The normalized spacial score (nSPS) is 15.8. The molecule has 1 fully saturated rings. The third kappa shape index (κ3) is 3.24. The first-order valence-electron chi connectivity index (χ1n) is 7.39. The number of aromatic nitrogens is 3. The SMILES string of the molecule is CC(=O)N1CCC(c2nccnc2Nc2nc(C)cs2)CC1. The molecule has 0 spiro atoms. The second-order valence-electron chi connectivity index (χ2n) is 5.49. The van der Waals surface area contributed by atoms with Gasteiger partial charge in [-0.05, 0) is 19.8 Å². The number of likely N-dealkylation sites (tertiary alicyclic amines) is 1. The lowest BCUT2D eigenvalue weighted by Gasteiger charge is -2.31. The zero-order valence-electron chi connectivity index (χ0n) is 12.7. The van der Waals surface area contributed by atoms with Crippen LogP contribution in [0.1, 0.15) is 37.1 Å². The summed E-state index contributed by atoms with van der Waals surface area (Å²) >= 11 is 1.56. The molecule has 0 aromatic carbocycles. The van der Waals surface area contributed by atoms with Gasteiger partial charge in [-0.2, -0.15) is 0 Å². The van der Waals surface area contributed by atoms with E-state index < -0.39 is 0 Å². The fourth-order valence-corrected chi connectivity index (χ4v) is 3.41. The van der Waals surface area contributed by atoms with E-state index in [4.69, 9.17) is 0 Å². The van der Waals surface area contributed by atoms with Crippen LogP contribution in [-0.4, -0.2) is 38.8 Å². The second kappa shape index (κ2) is 6.39. The van der Waals surface area contributed by atoms with E-state index in [0.29, 0.717) is 5.92 Å². The Labute approximate surface area is 133 Å². The van der Waals surface area contributed by atoms with Gasteiger partial charge in [-0.25, -0.2) is 9.97 Å². The number of piperidine rings is 1. The van der Waals surface area contributed by atoms with Crippen LogP contribution in [0.4, 0.5) is 10.9 Å². The molecule has 0 saturated carbocycles. The minimum absolute atomic E-state index is 0.147. The maximum atomic E-state index is 11.4. The lowest BCUT2D eigenvalue weighted by molar-refractivity contribution is -0.129. The minimum Gasteiger partial charge on any atom is -0.343 e. The van der Waals surface area contributed by atoms with E-state index in [2.05, 4.69) is 20.3 Å². The predicted molar refractivity (Wildman–Crippen MR) is 86.4 cm³/mol. The van der Waals surface area contributed by atoms with Crippen molar-refractivity contribution in [3.63, 3.8) is 0 Å². The molecule has 22 heavy (non-hydrogen) atoms. The molecular formula is C15H19N5OS. The third-order valence-electron chi connectivity index (χ3n) is 3.90. The molecule has 2 aromatic rings. The molecule has 3 heterocycles. The van der Waals surface area contributed by atoms with Crippen LogP contribution in [0, 0.1) is 6.92 Å². The van der Waals surface area contributed by atoms with Gasteiger partial charge < -0.3 is 10.2 Å². The number of rotatable bonds is 3. The van der Waals surface area contributed by atoms with Gasteiger partial charge in [0.2, 0.25) is 5.91 Å². The predicted octanol–water partition coefficient (Wildman–Crippen LogP) is 2.71. The summed E-state index contributed by atoms with van der Waals surface area (Å²) in [4.78, 5) is 26.7. The van der Waals surface area contributed by atoms with Crippen LogP contribution >= 0.6 is 11.3 Å². The fourth-order valence-electron chi connectivity index (χ4n) is 2.72. The number of thiazole rings is 1. The number of hydrogen-bond acceptors (Lipinski definition) is 6. The van der Waals surface area contributed by atoms with Crippen LogP contribution in [0.3, 0.4) is 0 Å². The van der Waals surface area contributed by atoms with Crippen LogP contribution in [-0.2, 0) is 4.79 Å². The number of nitrogens with zero attached hydrogens (tertiary/aromatic N) is 4. The number of anilines is 2. The van der Waals surface area contributed by atoms with Gasteiger partial charge in [0.15, 0.2) is 10.9 Å². The van der Waals surface area contributed by atoms with Crippen molar-refractivity contribution in [3.8, 4) is 0 Å². The molecule has 1 aliphatic heterocycles. The molecule has 1 N–H and O–H groups in total. The Morgan fingerprint density at radius 3 is 2.68 bits per heavy atom. The maximum Gasteiger partial charge on any atom is 0.219 e. The van der Waals surface area contributed by atoms with E-state index in [1.807, 2.05) is 17.2 Å². The third-order valence-corrected chi connectivity index (χ3v) is 4.77. The average Bonchev–Trinajstić information content (AvgIpc) is 2.93. The number of amides is 1. The Morgan fingerprint density at radius 1 is 1.32 bits per heavy atom. The molecule has 0 atom stereocenters. The summed E-state index contributed by atoms with van der Waals surface area (Å²) in [6.07, 6.45) is 5.26. The van der Waals surface area contributed by atoms with Gasteiger partial charge in [-0.15, -0.1) is 11.3 Å². The van der Waals surface area contributed by atoms with E-state index >= 15 is 0 Å². The average molecular weight is 317 g/mol. The number of carbonyl (C=O) groups is 1. The molecule has 0 aliphatic carbocycles. The van der Waals surface area contributed by atoms with E-state index in [9.17, 15) is 4.79 Å². The van der Waals surface area contributed by atoms with Crippen LogP contribution in [0.2, 0.25) is 0 Å². The van der Waals surface area contributed by atoms with Gasteiger partial charge in [0.05, 0.1) is 11.4 Å². The zero-order valence-corrected chi connectivity index (χ0v) is 13.6. The van der Waals surface area contributed by atoms with Gasteiger partial charge in [-0.1, -0.05) is 0 Å². The molecule has 0 bridgehead atoms. The van der Waals surface area contributed by atoms with E-state index in [-0.39, 0.29) is 5.91 Å². The molecule has 1 aliphatic rings. The molecule has 2 aromatic heterocycles. The molecule has 0 radical (unpaired) electrons. The molecule has 7 heteroatoms. The van der Waals surface area contributed by atoms with Crippen molar-refractivity contribution in [1.29, 1.82) is 0 Å². The van der Waals surface area contributed by atoms with Crippen LogP contribution < -0.4 is 5.32 Å². The Bertz CT molecular complexity index is 663. The highest BCUT2D eigenvalue weighted by Crippen LogP contribution is 2.32. The summed E-state index contributed by atoms with van der Waals surface area (Å²) in [6.45, 7) is 5.16. The molecule has 116 valence electrons. The first kappa shape index (κ1) is 14.9. The number of aryl methyl sites for hydroxylation is 1. The molecule has 3 rings (SSSR count). The molecule has 1 amide bonds. The maximum absolute atomic E-state index is 11.4. The van der Waals surface area contributed by atoms with Crippen molar-refractivity contribution in [1.82, 2.24) is 19.9 Å². The monoisotopic (exact) mass is 317 g/mol. The first-order valence-corrected chi connectivity index (χ1v) is 8.27. The minimum atomic E-state index is 0.147. The number of carbonyl (C=O) groups excluding carboxylic acids is 1. The second-order valence-corrected chi connectivity index (χ2v) is 6.35. The summed E-state index contributed by atoms with van der Waals surface area (Å²) in [5, 5.41) is 6.12. The Hall–Kier alpha value is -2.02. The van der Waals surface area contributed by atoms with Crippen molar-refractivity contribution in [2.45, 2.75) is 32.6 Å². The highest BCUT2D eigenvalue weighted by Gasteiger charge is 2.25. The van der Waals surface area contributed by atoms with E-state index in [1.54, 1.807) is 30.7 Å². The molecule has 0 unspecified atom stereocenters. The van der Waals surface area contributed by atoms with Crippen molar-refractivity contribution in [2.75, 3.05) is 18.4 Å². The summed E-state index contributed by atoms with van der Waals surface area (Å²) in [5.41, 5.74) is 1.96. The quantitative estimate of drug-likeness (QED) is 0.942. The zero-order chi connectivity index (χ0) is 15.5. The van der Waals surface area contributed by atoms with Gasteiger partial charge in [0.1, 0.15) is 0 Å². The molecule has 6 nitrogen and oxygen atoms in total. The largest absolute Gasteiger partial charge is 0.343 e. The van der Waals surface area contributed by atoms with Gasteiger partial charge in [0, 0.05) is 43.7 Å². The smallest absolute Gasteiger partial charge is 0.219 e. The summed E-state index contributed by atoms with van der Waals surface area (Å²) < 4.78 is 0. The van der Waals surface area contributed by atoms with Gasteiger partial charge in [0.25, 0.3) is 0 Å². The van der Waals surface area contributed by atoms with E-state index in [1.165, 1.54) is 0 Å². The topological polar surface area (TPSA) is 71.0 Å². The highest BCUT2D eigenvalue weighted by molar-refractivity contribution is 7.13. The first-order chi connectivity index (χ1) is 10.6.